The minimum absolute atomic E-state index is 0.640. The topological polar surface area (TPSA) is 38.1 Å². The molecule has 1 aliphatic carbocycles. The van der Waals surface area contributed by atoms with Gasteiger partial charge in [0.05, 0.1) is 12.2 Å². The average Bonchev–Trinajstić information content (AvgIpc) is 2.63. The van der Waals surface area contributed by atoms with Gasteiger partial charge in [-0.3, -0.25) is 0 Å². The summed E-state index contributed by atoms with van der Waals surface area (Å²) in [6.45, 7) is 7.47. The fourth-order valence-corrected chi connectivity index (χ4v) is 2.70. The molecule has 90 valence electrons. The van der Waals surface area contributed by atoms with E-state index in [4.69, 9.17) is 4.52 Å². The van der Waals surface area contributed by atoms with E-state index >= 15 is 0 Å². The standard InChI is InChI=1S/C13H22N2O/c1-9-4-5-13(10(2)6-9)14-8-12-7-11(3)15-16-12/h7,9-10,13-14H,4-6,8H2,1-3H3. The number of rotatable bonds is 3. The SMILES string of the molecule is Cc1cc(CNC2CCC(C)CC2C)on1. The van der Waals surface area contributed by atoms with Crippen molar-refractivity contribution in [1.82, 2.24) is 10.5 Å². The fourth-order valence-electron chi connectivity index (χ4n) is 2.70. The van der Waals surface area contributed by atoms with Crippen LogP contribution in [0.4, 0.5) is 0 Å². The largest absolute Gasteiger partial charge is 0.360 e. The molecule has 0 bridgehead atoms. The van der Waals surface area contributed by atoms with Crippen molar-refractivity contribution in [3.8, 4) is 0 Å². The van der Waals surface area contributed by atoms with E-state index in [1.54, 1.807) is 0 Å². The number of nitrogens with zero attached hydrogens (tertiary/aromatic N) is 1. The Balaban J connectivity index is 1.81. The van der Waals surface area contributed by atoms with E-state index in [2.05, 4.69) is 24.3 Å². The first-order valence-corrected chi connectivity index (χ1v) is 6.30. The Morgan fingerprint density at radius 3 is 2.88 bits per heavy atom. The van der Waals surface area contributed by atoms with E-state index in [1.807, 2.05) is 13.0 Å². The number of aromatic nitrogens is 1. The van der Waals surface area contributed by atoms with Crippen molar-refractivity contribution in [3.05, 3.63) is 17.5 Å². The number of hydrogen-bond donors (Lipinski definition) is 1. The zero-order chi connectivity index (χ0) is 11.5. The van der Waals surface area contributed by atoms with E-state index in [9.17, 15) is 0 Å². The van der Waals surface area contributed by atoms with Gasteiger partial charge >= 0.3 is 0 Å². The van der Waals surface area contributed by atoms with Crippen LogP contribution in [0.25, 0.3) is 0 Å². The Morgan fingerprint density at radius 2 is 2.25 bits per heavy atom. The molecule has 1 aromatic heterocycles. The van der Waals surface area contributed by atoms with Crippen LogP contribution in [-0.2, 0) is 6.54 Å². The van der Waals surface area contributed by atoms with Gasteiger partial charge in [0, 0.05) is 12.1 Å². The molecule has 1 N–H and O–H groups in total. The van der Waals surface area contributed by atoms with Crippen LogP contribution < -0.4 is 5.32 Å². The van der Waals surface area contributed by atoms with Gasteiger partial charge in [-0.2, -0.15) is 0 Å². The summed E-state index contributed by atoms with van der Waals surface area (Å²) >= 11 is 0. The summed E-state index contributed by atoms with van der Waals surface area (Å²) in [4.78, 5) is 0. The van der Waals surface area contributed by atoms with Gasteiger partial charge in [0.25, 0.3) is 0 Å². The molecule has 2 rings (SSSR count). The summed E-state index contributed by atoms with van der Waals surface area (Å²) in [5.74, 6) is 2.61. The molecule has 1 aliphatic rings. The summed E-state index contributed by atoms with van der Waals surface area (Å²) in [5.41, 5.74) is 0.960. The van der Waals surface area contributed by atoms with Gasteiger partial charge in [-0.25, -0.2) is 0 Å². The Labute approximate surface area is 97.6 Å². The van der Waals surface area contributed by atoms with Crippen molar-refractivity contribution in [3.63, 3.8) is 0 Å². The molecule has 3 unspecified atom stereocenters. The summed E-state index contributed by atoms with van der Waals surface area (Å²) in [7, 11) is 0. The Morgan fingerprint density at radius 1 is 1.44 bits per heavy atom. The van der Waals surface area contributed by atoms with Crippen molar-refractivity contribution in [1.29, 1.82) is 0 Å². The lowest BCUT2D eigenvalue weighted by Gasteiger charge is -2.33. The van der Waals surface area contributed by atoms with Crippen LogP contribution in [-0.4, -0.2) is 11.2 Å². The second-order valence-corrected chi connectivity index (χ2v) is 5.32. The van der Waals surface area contributed by atoms with E-state index < -0.39 is 0 Å². The first kappa shape index (κ1) is 11.6. The number of nitrogens with one attached hydrogen (secondary N) is 1. The van der Waals surface area contributed by atoms with Gasteiger partial charge in [0.15, 0.2) is 5.76 Å². The van der Waals surface area contributed by atoms with Crippen molar-refractivity contribution in [2.24, 2.45) is 11.8 Å². The minimum Gasteiger partial charge on any atom is -0.360 e. The van der Waals surface area contributed by atoms with Crippen LogP contribution in [0.15, 0.2) is 10.6 Å². The molecular weight excluding hydrogens is 200 g/mol. The van der Waals surface area contributed by atoms with Gasteiger partial charge in [-0.05, 0) is 38.0 Å². The van der Waals surface area contributed by atoms with Crippen molar-refractivity contribution < 1.29 is 4.52 Å². The van der Waals surface area contributed by atoms with Crippen LogP contribution in [0.5, 0.6) is 0 Å². The molecule has 3 heteroatoms. The molecule has 0 aliphatic heterocycles. The first-order valence-electron chi connectivity index (χ1n) is 6.30. The summed E-state index contributed by atoms with van der Waals surface area (Å²) < 4.78 is 5.20. The lowest BCUT2D eigenvalue weighted by Crippen LogP contribution is -2.38. The highest BCUT2D eigenvalue weighted by molar-refractivity contribution is 5.02. The maximum absolute atomic E-state index is 5.20. The fraction of sp³-hybridized carbons (Fsp3) is 0.769. The Kier molecular flexibility index (Phi) is 3.64. The third-order valence-corrected chi connectivity index (χ3v) is 3.65. The molecule has 0 amide bonds. The first-order chi connectivity index (χ1) is 7.65. The van der Waals surface area contributed by atoms with Crippen LogP contribution >= 0.6 is 0 Å². The maximum Gasteiger partial charge on any atom is 0.150 e. The molecule has 0 radical (unpaired) electrons. The van der Waals surface area contributed by atoms with Crippen LogP contribution in [0, 0.1) is 18.8 Å². The molecule has 0 saturated heterocycles. The molecule has 1 saturated carbocycles. The lowest BCUT2D eigenvalue weighted by molar-refractivity contribution is 0.221. The number of hydrogen-bond acceptors (Lipinski definition) is 3. The third kappa shape index (κ3) is 2.85. The maximum atomic E-state index is 5.20. The molecule has 3 atom stereocenters. The van der Waals surface area contributed by atoms with E-state index in [-0.39, 0.29) is 0 Å². The molecule has 0 spiro atoms. The average molecular weight is 222 g/mol. The third-order valence-electron chi connectivity index (χ3n) is 3.65. The summed E-state index contributed by atoms with van der Waals surface area (Å²) in [5, 5.41) is 7.48. The van der Waals surface area contributed by atoms with E-state index in [1.165, 1.54) is 19.3 Å². The lowest BCUT2D eigenvalue weighted by atomic mass is 9.80. The number of aryl methyl sites for hydroxylation is 1. The van der Waals surface area contributed by atoms with Crippen LogP contribution in [0.3, 0.4) is 0 Å². The van der Waals surface area contributed by atoms with Crippen LogP contribution in [0.2, 0.25) is 0 Å². The molecule has 16 heavy (non-hydrogen) atoms. The molecule has 0 aromatic carbocycles. The van der Waals surface area contributed by atoms with Crippen molar-refractivity contribution in [2.45, 2.75) is 52.6 Å². The Bertz CT molecular complexity index is 334. The molecule has 1 aromatic rings. The predicted molar refractivity (Wildman–Crippen MR) is 64.0 cm³/mol. The molecule has 1 heterocycles. The summed E-state index contributed by atoms with van der Waals surface area (Å²) in [6, 6.07) is 2.64. The second-order valence-electron chi connectivity index (χ2n) is 5.32. The van der Waals surface area contributed by atoms with Gasteiger partial charge in [0.2, 0.25) is 0 Å². The highest BCUT2D eigenvalue weighted by atomic mass is 16.5. The zero-order valence-electron chi connectivity index (χ0n) is 10.5. The highest BCUT2D eigenvalue weighted by Crippen LogP contribution is 2.28. The van der Waals surface area contributed by atoms with Gasteiger partial charge < -0.3 is 9.84 Å². The van der Waals surface area contributed by atoms with Crippen molar-refractivity contribution in [2.75, 3.05) is 0 Å². The van der Waals surface area contributed by atoms with Gasteiger partial charge in [-0.15, -0.1) is 0 Å². The van der Waals surface area contributed by atoms with Gasteiger partial charge in [-0.1, -0.05) is 19.0 Å². The van der Waals surface area contributed by atoms with Gasteiger partial charge in [0.1, 0.15) is 0 Å². The van der Waals surface area contributed by atoms with E-state index in [0.717, 1.165) is 29.8 Å². The minimum atomic E-state index is 0.640. The molecule has 3 nitrogen and oxygen atoms in total. The summed E-state index contributed by atoms with van der Waals surface area (Å²) in [6.07, 6.45) is 3.97. The quantitative estimate of drug-likeness (QED) is 0.854. The van der Waals surface area contributed by atoms with Crippen LogP contribution in [0.1, 0.15) is 44.6 Å². The monoisotopic (exact) mass is 222 g/mol. The zero-order valence-corrected chi connectivity index (χ0v) is 10.5. The van der Waals surface area contributed by atoms with Crippen molar-refractivity contribution >= 4 is 0 Å². The van der Waals surface area contributed by atoms with E-state index in [0.29, 0.717) is 6.04 Å². The normalized spacial score (nSPS) is 30.6. The Hall–Kier alpha value is -0.830. The predicted octanol–water partition coefficient (Wildman–Crippen LogP) is 2.90. The second kappa shape index (κ2) is 5.00. The molecule has 1 fully saturated rings. The molecular formula is C13H22N2O. The smallest absolute Gasteiger partial charge is 0.150 e. The highest BCUT2D eigenvalue weighted by Gasteiger charge is 2.24.